The van der Waals surface area contributed by atoms with E-state index in [4.69, 9.17) is 15.0 Å². The second kappa shape index (κ2) is 5.08. The normalized spacial score (nSPS) is 14.1. The molecule has 0 aliphatic carbocycles. The predicted molar refractivity (Wildman–Crippen MR) is 53.8 cm³/mol. The molecule has 14 heavy (non-hydrogen) atoms. The first-order valence-electron chi connectivity index (χ1n) is 4.15. The fraction of sp³-hybridized carbons (Fsp3) is 0.571. The minimum atomic E-state index is -3.26. The molecule has 4 N–H and O–H groups in total. The van der Waals surface area contributed by atoms with Gasteiger partial charge >= 0.3 is 0 Å². The van der Waals surface area contributed by atoms with Gasteiger partial charge in [0.15, 0.2) is 14.9 Å². The van der Waals surface area contributed by atoms with Crippen LogP contribution >= 0.6 is 0 Å². The molecule has 0 aliphatic heterocycles. The van der Waals surface area contributed by atoms with E-state index < -0.39 is 9.92 Å². The molecule has 0 radical (unpaired) electrons. The number of hydrogen-bond donors (Lipinski definition) is 3. The molecule has 0 saturated heterocycles. The molecule has 6 nitrogen and oxygen atoms in total. The summed E-state index contributed by atoms with van der Waals surface area (Å²) in [6.07, 6.45) is 0. The zero-order chi connectivity index (χ0) is 11.4. The van der Waals surface area contributed by atoms with E-state index >= 15 is 0 Å². The summed E-state index contributed by atoms with van der Waals surface area (Å²) in [7, 11) is -1.67. The predicted octanol–water partition coefficient (Wildman–Crippen LogP) is 0.218. The number of nitrogens with zero attached hydrogens (tertiary/aromatic N) is 2. The van der Waals surface area contributed by atoms with Crippen LogP contribution in [0.5, 0.6) is 0 Å². The van der Waals surface area contributed by atoms with Gasteiger partial charge in [-0.3, -0.25) is 4.68 Å². The van der Waals surface area contributed by atoms with Gasteiger partial charge in [-0.25, -0.2) is 14.1 Å². The molecule has 1 aromatic rings. The number of hydrogen-bond acceptors (Lipinski definition) is 4. The number of nitrogens with two attached hydrogens (primary N) is 1. The van der Waals surface area contributed by atoms with Crippen molar-refractivity contribution < 1.29 is 9.32 Å². The van der Waals surface area contributed by atoms with Gasteiger partial charge in [-0.15, -0.1) is 0 Å². The number of rotatable bonds is 2. The summed E-state index contributed by atoms with van der Waals surface area (Å²) in [5.41, 5.74) is 0.482. The molecule has 0 bridgehead atoms. The lowest BCUT2D eigenvalue weighted by atomic mass is 10.5. The summed E-state index contributed by atoms with van der Waals surface area (Å²) in [4.78, 5) is 0. The van der Waals surface area contributed by atoms with Crippen LogP contribution in [0, 0.1) is 4.78 Å². The lowest BCUT2D eigenvalue weighted by Gasteiger charge is -1.93. The van der Waals surface area contributed by atoms with E-state index in [-0.39, 0.29) is 11.6 Å². The lowest BCUT2D eigenvalue weighted by Crippen LogP contribution is -2.11. The van der Waals surface area contributed by atoms with Crippen LogP contribution in [-0.2, 0) is 23.6 Å². The molecule has 0 fully saturated rings. The Hall–Kier alpha value is -0.920. The molecule has 1 rings (SSSR count). The largest absolute Gasteiger partial charge is 0.390 e. The highest BCUT2D eigenvalue weighted by Gasteiger charge is 2.10. The molecular formula is C7H16N4O2S. The van der Waals surface area contributed by atoms with Crippen LogP contribution in [0.2, 0.25) is 0 Å². The zero-order valence-corrected chi connectivity index (χ0v) is 9.34. The smallest absolute Gasteiger partial charge is 0.172 e. The summed E-state index contributed by atoms with van der Waals surface area (Å²) in [5, 5.41) is 17.5. The van der Waals surface area contributed by atoms with Crippen LogP contribution in [0.4, 0.5) is 0 Å². The van der Waals surface area contributed by atoms with Crippen LogP contribution in [-0.4, -0.2) is 19.1 Å². The first-order chi connectivity index (χ1) is 6.45. The molecule has 0 spiro atoms. The summed E-state index contributed by atoms with van der Waals surface area (Å²) in [6, 6.07) is 1.36. The fourth-order valence-corrected chi connectivity index (χ4v) is 1.33. The highest BCUT2D eigenvalue weighted by molar-refractivity contribution is 7.90. The third kappa shape index (κ3) is 3.09. The molecule has 1 unspecified atom stereocenters. The van der Waals surface area contributed by atoms with E-state index in [0.717, 1.165) is 0 Å². The zero-order valence-electron chi connectivity index (χ0n) is 8.52. The van der Waals surface area contributed by atoms with Crippen molar-refractivity contribution in [2.24, 2.45) is 12.2 Å². The molecule has 0 saturated carbocycles. The van der Waals surface area contributed by atoms with Gasteiger partial charge < -0.3 is 5.11 Å². The van der Waals surface area contributed by atoms with Gasteiger partial charge in [0.25, 0.3) is 0 Å². The Morgan fingerprint density at radius 1 is 1.71 bits per heavy atom. The molecule has 1 aromatic heterocycles. The minimum absolute atomic E-state index is 0.00551. The molecule has 0 aliphatic rings. The average molecular weight is 220 g/mol. The first-order valence-corrected chi connectivity index (χ1v) is 5.77. The van der Waals surface area contributed by atoms with E-state index in [0.29, 0.717) is 5.69 Å². The van der Waals surface area contributed by atoms with Crippen molar-refractivity contribution >= 4 is 9.92 Å². The first kappa shape index (κ1) is 13.1. The summed E-state index contributed by atoms with van der Waals surface area (Å²) < 4.78 is 19.3. The molecule has 0 aromatic carbocycles. The number of aliphatic hydroxyl groups excluding tert-OH is 1. The van der Waals surface area contributed by atoms with Crippen molar-refractivity contribution in [1.29, 1.82) is 4.78 Å². The summed E-state index contributed by atoms with van der Waals surface area (Å²) in [6.45, 7) is 3.79. The maximum atomic E-state index is 11.0. The Morgan fingerprint density at radius 2 is 2.21 bits per heavy atom. The van der Waals surface area contributed by atoms with Crippen LogP contribution in [0.3, 0.4) is 0 Å². The summed E-state index contributed by atoms with van der Waals surface area (Å²) >= 11 is 0. The van der Waals surface area contributed by atoms with Gasteiger partial charge in [0, 0.05) is 13.1 Å². The van der Waals surface area contributed by atoms with E-state index in [1.807, 2.05) is 13.8 Å². The highest BCUT2D eigenvalue weighted by atomic mass is 32.2. The third-order valence-corrected chi connectivity index (χ3v) is 2.25. The van der Waals surface area contributed by atoms with E-state index in [2.05, 4.69) is 5.10 Å². The molecule has 1 heterocycles. The Balaban J connectivity index is 0.000000791. The Bertz CT molecular complexity index is 382. The lowest BCUT2D eigenvalue weighted by molar-refractivity contribution is 0.270. The van der Waals surface area contributed by atoms with Crippen LogP contribution < -0.4 is 5.14 Å². The number of nitrogens with one attached hydrogen (secondary N) is 1. The third-order valence-electron chi connectivity index (χ3n) is 1.43. The Kier molecular flexibility index (Phi) is 4.75. The van der Waals surface area contributed by atoms with E-state index in [9.17, 15) is 4.21 Å². The fourth-order valence-electron chi connectivity index (χ4n) is 0.773. The van der Waals surface area contributed by atoms with Crippen molar-refractivity contribution in [2.45, 2.75) is 25.5 Å². The van der Waals surface area contributed by atoms with Crippen LogP contribution in [0.25, 0.3) is 0 Å². The van der Waals surface area contributed by atoms with Crippen molar-refractivity contribution in [2.75, 3.05) is 0 Å². The van der Waals surface area contributed by atoms with Crippen molar-refractivity contribution in [3.8, 4) is 0 Å². The molecular weight excluding hydrogens is 204 g/mol. The second-order valence-corrected chi connectivity index (χ2v) is 3.98. The monoisotopic (exact) mass is 220 g/mol. The van der Waals surface area contributed by atoms with Crippen LogP contribution in [0.1, 0.15) is 19.5 Å². The minimum Gasteiger partial charge on any atom is -0.390 e. The van der Waals surface area contributed by atoms with Crippen molar-refractivity contribution in [1.82, 2.24) is 9.78 Å². The van der Waals surface area contributed by atoms with Crippen molar-refractivity contribution in [3.63, 3.8) is 0 Å². The van der Waals surface area contributed by atoms with Gasteiger partial charge in [0.05, 0.1) is 12.3 Å². The Morgan fingerprint density at radius 3 is 2.43 bits per heavy atom. The Labute approximate surface area is 83.8 Å². The molecule has 0 amide bonds. The molecule has 7 heteroatoms. The van der Waals surface area contributed by atoms with Gasteiger partial charge in [0.2, 0.25) is 0 Å². The standard InChI is InChI=1S/C5H10N4O2S.C2H6/c1-9-4(3-10)2-5(8-9)12(6,7)11;1-2/h2,10H,3H2,1H3,(H3,6,7,11);1-2H3. The van der Waals surface area contributed by atoms with Crippen LogP contribution in [0.15, 0.2) is 11.1 Å². The SMILES string of the molecule is CC.Cn1nc(S(=N)(N)=O)cc1CO. The number of aliphatic hydroxyl groups is 1. The number of aryl methyl sites for hydroxylation is 1. The second-order valence-electron chi connectivity index (χ2n) is 2.36. The van der Waals surface area contributed by atoms with Gasteiger partial charge in [-0.2, -0.15) is 5.10 Å². The quantitative estimate of drug-likeness (QED) is 0.663. The van der Waals surface area contributed by atoms with Crippen molar-refractivity contribution in [3.05, 3.63) is 11.8 Å². The van der Waals surface area contributed by atoms with Gasteiger partial charge in [-0.1, -0.05) is 13.8 Å². The summed E-state index contributed by atoms with van der Waals surface area (Å²) in [5.74, 6) is 0. The molecule has 1 atom stereocenters. The highest BCUT2D eigenvalue weighted by Crippen LogP contribution is 2.07. The number of aromatic nitrogens is 2. The van der Waals surface area contributed by atoms with Gasteiger partial charge in [0.1, 0.15) is 0 Å². The average Bonchev–Trinajstić information content (AvgIpc) is 2.49. The topological polar surface area (TPSA) is 105 Å². The molecule has 82 valence electrons. The van der Waals surface area contributed by atoms with Gasteiger partial charge in [-0.05, 0) is 0 Å². The van der Waals surface area contributed by atoms with E-state index in [1.54, 1.807) is 7.05 Å². The maximum Gasteiger partial charge on any atom is 0.172 e. The maximum absolute atomic E-state index is 11.0. The van der Waals surface area contributed by atoms with E-state index in [1.165, 1.54) is 10.7 Å².